The Hall–Kier alpha value is -1.09. The van der Waals surface area contributed by atoms with Crippen molar-refractivity contribution in [1.82, 2.24) is 9.88 Å². The number of likely N-dealkylation sites (tertiary alicyclic amines) is 1. The van der Waals surface area contributed by atoms with Crippen LogP contribution in [0.15, 0.2) is 18.3 Å². The monoisotopic (exact) mass is 259 g/mol. The van der Waals surface area contributed by atoms with Crippen LogP contribution in [0.1, 0.15) is 50.6 Å². The van der Waals surface area contributed by atoms with Gasteiger partial charge >= 0.3 is 0 Å². The van der Waals surface area contributed by atoms with Crippen LogP contribution < -0.4 is 4.90 Å². The molecule has 1 atom stereocenters. The number of aromatic nitrogens is 1. The molecule has 2 saturated heterocycles. The summed E-state index contributed by atoms with van der Waals surface area (Å²) in [5.41, 5.74) is 1.46. The Kier molecular flexibility index (Phi) is 4.02. The van der Waals surface area contributed by atoms with Gasteiger partial charge in [-0.1, -0.05) is 13.0 Å². The SMILES string of the molecule is CCN1CCCC1c1cccnc1N1CCCCC1. The maximum Gasteiger partial charge on any atom is 0.133 e. The molecule has 2 fully saturated rings. The van der Waals surface area contributed by atoms with Crippen molar-refractivity contribution >= 4 is 5.82 Å². The lowest BCUT2D eigenvalue weighted by Gasteiger charge is -2.32. The molecule has 0 N–H and O–H groups in total. The van der Waals surface area contributed by atoms with Crippen molar-refractivity contribution in [3.63, 3.8) is 0 Å². The van der Waals surface area contributed by atoms with E-state index >= 15 is 0 Å². The van der Waals surface area contributed by atoms with Crippen molar-refractivity contribution < 1.29 is 0 Å². The molecule has 1 aromatic heterocycles. The molecule has 3 nitrogen and oxygen atoms in total. The number of anilines is 1. The quantitative estimate of drug-likeness (QED) is 0.831. The van der Waals surface area contributed by atoms with Crippen molar-refractivity contribution in [2.45, 2.75) is 45.1 Å². The molecule has 0 amide bonds. The van der Waals surface area contributed by atoms with Gasteiger partial charge in [0.2, 0.25) is 0 Å². The van der Waals surface area contributed by atoms with Crippen molar-refractivity contribution in [2.75, 3.05) is 31.1 Å². The fourth-order valence-corrected chi connectivity index (χ4v) is 3.60. The minimum atomic E-state index is 0.593. The van der Waals surface area contributed by atoms with Crippen LogP contribution in [-0.2, 0) is 0 Å². The zero-order valence-corrected chi connectivity index (χ0v) is 12.0. The largest absolute Gasteiger partial charge is 0.356 e. The lowest BCUT2D eigenvalue weighted by Crippen LogP contribution is -2.32. The lowest BCUT2D eigenvalue weighted by molar-refractivity contribution is 0.271. The predicted molar refractivity (Wildman–Crippen MR) is 79.5 cm³/mol. The second-order valence-electron chi connectivity index (χ2n) is 5.75. The Morgan fingerprint density at radius 3 is 2.79 bits per heavy atom. The molecule has 1 unspecified atom stereocenters. The van der Waals surface area contributed by atoms with Crippen LogP contribution in [0.25, 0.3) is 0 Å². The molecule has 1 aromatic rings. The fourth-order valence-electron chi connectivity index (χ4n) is 3.60. The third kappa shape index (κ3) is 2.62. The topological polar surface area (TPSA) is 19.4 Å². The Balaban J connectivity index is 1.88. The molecule has 3 heterocycles. The standard InChI is InChI=1S/C16H25N3/c1-2-18-13-7-9-15(18)14-8-6-10-17-16(14)19-11-4-3-5-12-19/h6,8,10,15H,2-5,7,9,11-13H2,1H3. The fraction of sp³-hybridized carbons (Fsp3) is 0.688. The molecule has 0 saturated carbocycles. The third-order valence-electron chi connectivity index (χ3n) is 4.60. The maximum atomic E-state index is 4.71. The highest BCUT2D eigenvalue weighted by atomic mass is 15.2. The Morgan fingerprint density at radius 2 is 2.00 bits per heavy atom. The molecule has 0 aromatic carbocycles. The highest BCUT2D eigenvalue weighted by Crippen LogP contribution is 2.36. The molecule has 19 heavy (non-hydrogen) atoms. The van der Waals surface area contributed by atoms with E-state index < -0.39 is 0 Å². The first-order chi connectivity index (χ1) is 9.40. The molecule has 2 aliphatic heterocycles. The zero-order chi connectivity index (χ0) is 13.1. The summed E-state index contributed by atoms with van der Waals surface area (Å²) in [7, 11) is 0. The van der Waals surface area contributed by atoms with Crippen LogP contribution >= 0.6 is 0 Å². The van der Waals surface area contributed by atoms with E-state index in [1.165, 1.54) is 63.1 Å². The molecule has 0 bridgehead atoms. The first kappa shape index (κ1) is 12.9. The molecule has 0 radical (unpaired) electrons. The van der Waals surface area contributed by atoms with Crippen LogP contribution in [0.5, 0.6) is 0 Å². The highest BCUT2D eigenvalue weighted by molar-refractivity contribution is 5.49. The summed E-state index contributed by atoms with van der Waals surface area (Å²) in [5.74, 6) is 1.26. The summed E-state index contributed by atoms with van der Waals surface area (Å²) in [4.78, 5) is 9.82. The second-order valence-corrected chi connectivity index (χ2v) is 5.75. The van der Waals surface area contributed by atoms with Gasteiger partial charge in [0, 0.05) is 30.9 Å². The number of hydrogen-bond donors (Lipinski definition) is 0. The van der Waals surface area contributed by atoms with Gasteiger partial charge in [-0.05, 0) is 51.3 Å². The summed E-state index contributed by atoms with van der Waals surface area (Å²) >= 11 is 0. The molecule has 104 valence electrons. The first-order valence-electron chi connectivity index (χ1n) is 7.84. The van der Waals surface area contributed by atoms with Crippen molar-refractivity contribution in [1.29, 1.82) is 0 Å². The minimum Gasteiger partial charge on any atom is -0.356 e. The van der Waals surface area contributed by atoms with Crippen molar-refractivity contribution in [3.05, 3.63) is 23.9 Å². The average Bonchev–Trinajstić information content (AvgIpc) is 2.96. The van der Waals surface area contributed by atoms with E-state index in [4.69, 9.17) is 4.98 Å². The summed E-state index contributed by atoms with van der Waals surface area (Å²) in [6.07, 6.45) is 8.59. The normalized spacial score (nSPS) is 24.9. The smallest absolute Gasteiger partial charge is 0.133 e. The second kappa shape index (κ2) is 5.91. The van der Waals surface area contributed by atoms with Crippen LogP contribution in [-0.4, -0.2) is 36.1 Å². The van der Waals surface area contributed by atoms with Crippen LogP contribution in [0.3, 0.4) is 0 Å². The van der Waals surface area contributed by atoms with E-state index in [1.807, 2.05) is 6.20 Å². The summed E-state index contributed by atoms with van der Waals surface area (Å²) in [6.45, 7) is 7.04. The molecular weight excluding hydrogens is 234 g/mol. The van der Waals surface area contributed by atoms with E-state index in [9.17, 15) is 0 Å². The summed E-state index contributed by atoms with van der Waals surface area (Å²) < 4.78 is 0. The van der Waals surface area contributed by atoms with Gasteiger partial charge in [-0.15, -0.1) is 0 Å². The van der Waals surface area contributed by atoms with Gasteiger partial charge in [0.05, 0.1) is 0 Å². The van der Waals surface area contributed by atoms with Gasteiger partial charge in [-0.2, -0.15) is 0 Å². The van der Waals surface area contributed by atoms with Crippen LogP contribution in [0.4, 0.5) is 5.82 Å². The van der Waals surface area contributed by atoms with Crippen molar-refractivity contribution in [3.8, 4) is 0 Å². The van der Waals surface area contributed by atoms with Crippen molar-refractivity contribution in [2.24, 2.45) is 0 Å². The molecule has 0 aliphatic carbocycles. The van der Waals surface area contributed by atoms with Gasteiger partial charge in [0.15, 0.2) is 0 Å². The zero-order valence-electron chi connectivity index (χ0n) is 12.0. The molecule has 3 heteroatoms. The summed E-state index contributed by atoms with van der Waals surface area (Å²) in [6, 6.07) is 5.00. The van der Waals surface area contributed by atoms with E-state index in [2.05, 4.69) is 28.9 Å². The van der Waals surface area contributed by atoms with Gasteiger partial charge in [-0.25, -0.2) is 4.98 Å². The average molecular weight is 259 g/mol. The van der Waals surface area contributed by atoms with Gasteiger partial charge < -0.3 is 4.90 Å². The number of rotatable bonds is 3. The van der Waals surface area contributed by atoms with Crippen LogP contribution in [0, 0.1) is 0 Å². The van der Waals surface area contributed by atoms with Gasteiger partial charge in [0.25, 0.3) is 0 Å². The van der Waals surface area contributed by atoms with E-state index in [0.29, 0.717) is 6.04 Å². The number of nitrogens with zero attached hydrogens (tertiary/aromatic N) is 3. The number of pyridine rings is 1. The predicted octanol–water partition coefficient (Wildman–Crippen LogP) is 3.23. The van der Waals surface area contributed by atoms with E-state index in [1.54, 1.807) is 0 Å². The third-order valence-corrected chi connectivity index (χ3v) is 4.60. The van der Waals surface area contributed by atoms with E-state index in [0.717, 1.165) is 6.54 Å². The first-order valence-corrected chi connectivity index (χ1v) is 7.84. The Morgan fingerprint density at radius 1 is 1.16 bits per heavy atom. The number of piperidine rings is 1. The maximum absolute atomic E-state index is 4.71. The Bertz CT molecular complexity index is 412. The molecule has 2 aliphatic rings. The Labute approximate surface area is 116 Å². The van der Waals surface area contributed by atoms with Crippen LogP contribution in [0.2, 0.25) is 0 Å². The lowest BCUT2D eigenvalue weighted by atomic mass is 10.0. The van der Waals surface area contributed by atoms with E-state index in [-0.39, 0.29) is 0 Å². The minimum absolute atomic E-state index is 0.593. The number of hydrogen-bond acceptors (Lipinski definition) is 3. The molecule has 3 rings (SSSR count). The van der Waals surface area contributed by atoms with Gasteiger partial charge in [-0.3, -0.25) is 4.90 Å². The highest BCUT2D eigenvalue weighted by Gasteiger charge is 2.28. The molecular formula is C16H25N3. The van der Waals surface area contributed by atoms with Gasteiger partial charge in [0.1, 0.15) is 5.82 Å². The molecule has 0 spiro atoms. The summed E-state index contributed by atoms with van der Waals surface area (Å²) in [5, 5.41) is 0.